The van der Waals surface area contributed by atoms with E-state index >= 15 is 0 Å². The molecule has 1 aromatic heterocycles. The van der Waals surface area contributed by atoms with E-state index in [4.69, 9.17) is 27.9 Å². The molecule has 0 aliphatic carbocycles. The van der Waals surface area contributed by atoms with Gasteiger partial charge in [0.2, 0.25) is 0 Å². The van der Waals surface area contributed by atoms with E-state index in [0.717, 1.165) is 6.42 Å². The Labute approximate surface area is 99.0 Å². The van der Waals surface area contributed by atoms with Gasteiger partial charge in [0.15, 0.2) is 5.82 Å². The Morgan fingerprint density at radius 2 is 2.33 bits per heavy atom. The van der Waals surface area contributed by atoms with Crippen LogP contribution in [-0.2, 0) is 0 Å². The van der Waals surface area contributed by atoms with E-state index in [1.54, 1.807) is 0 Å². The van der Waals surface area contributed by atoms with Gasteiger partial charge in [0.25, 0.3) is 0 Å². The number of aromatic nitrogens is 2. The van der Waals surface area contributed by atoms with Gasteiger partial charge in [-0.05, 0) is 13.3 Å². The van der Waals surface area contributed by atoms with E-state index in [9.17, 15) is 0 Å². The molecule has 4 nitrogen and oxygen atoms in total. The van der Waals surface area contributed by atoms with Crippen LogP contribution in [0, 0.1) is 0 Å². The first-order chi connectivity index (χ1) is 7.17. The number of anilines is 1. The minimum Gasteiger partial charge on any atom is -0.467 e. The number of nitrogens with zero attached hydrogens (tertiary/aromatic N) is 2. The van der Waals surface area contributed by atoms with Gasteiger partial charge in [0.05, 0.1) is 13.3 Å². The van der Waals surface area contributed by atoms with Gasteiger partial charge in [-0.1, -0.05) is 11.6 Å². The van der Waals surface area contributed by atoms with E-state index in [2.05, 4.69) is 15.3 Å². The number of nitrogens with one attached hydrogen (secondary N) is 1. The lowest BCUT2D eigenvalue weighted by Gasteiger charge is -2.14. The fraction of sp³-hybridized carbons (Fsp3) is 0.556. The highest BCUT2D eigenvalue weighted by atomic mass is 35.5. The topological polar surface area (TPSA) is 47.0 Å². The third-order valence-electron chi connectivity index (χ3n) is 1.83. The molecule has 0 spiro atoms. The molecule has 0 radical (unpaired) electrons. The normalized spacial score (nSPS) is 12.3. The number of alkyl halides is 1. The molecule has 1 atom stereocenters. The summed E-state index contributed by atoms with van der Waals surface area (Å²) in [7, 11) is 1.51. The Morgan fingerprint density at radius 1 is 1.60 bits per heavy atom. The number of methoxy groups -OCH3 is 1. The van der Waals surface area contributed by atoms with Crippen LogP contribution in [0.5, 0.6) is 6.01 Å². The Bertz CT molecular complexity index is 322. The molecular weight excluding hydrogens is 237 g/mol. The maximum atomic E-state index is 5.92. The van der Waals surface area contributed by atoms with E-state index in [1.165, 1.54) is 13.3 Å². The number of halogens is 2. The SMILES string of the molecule is COc1ncc(Cl)c(NC(C)CCCl)n1. The summed E-state index contributed by atoms with van der Waals surface area (Å²) in [5.41, 5.74) is 0. The predicted octanol–water partition coefficient (Wildman–Crippen LogP) is 2.57. The lowest BCUT2D eigenvalue weighted by Crippen LogP contribution is -2.17. The summed E-state index contributed by atoms with van der Waals surface area (Å²) in [5.74, 6) is 1.16. The molecule has 0 saturated heterocycles. The van der Waals surface area contributed by atoms with Gasteiger partial charge in [-0.15, -0.1) is 11.6 Å². The van der Waals surface area contributed by atoms with Crippen molar-refractivity contribution in [3.8, 4) is 6.01 Å². The summed E-state index contributed by atoms with van der Waals surface area (Å²) < 4.78 is 4.90. The number of rotatable bonds is 5. The average Bonchev–Trinajstić information content (AvgIpc) is 2.21. The van der Waals surface area contributed by atoms with Crippen LogP contribution in [0.3, 0.4) is 0 Å². The zero-order chi connectivity index (χ0) is 11.3. The first-order valence-corrected chi connectivity index (χ1v) is 5.47. The molecule has 1 rings (SSSR count). The molecule has 0 saturated carbocycles. The van der Waals surface area contributed by atoms with Crippen molar-refractivity contribution in [2.45, 2.75) is 19.4 Å². The molecule has 84 valence electrons. The zero-order valence-electron chi connectivity index (χ0n) is 8.63. The standard InChI is InChI=1S/C9H13Cl2N3O/c1-6(3-4-10)13-8-7(11)5-12-9(14-8)15-2/h5-6H,3-4H2,1-2H3,(H,12,13,14). The van der Waals surface area contributed by atoms with Crippen LogP contribution in [-0.4, -0.2) is 29.0 Å². The number of hydrogen-bond acceptors (Lipinski definition) is 4. The van der Waals surface area contributed by atoms with E-state index < -0.39 is 0 Å². The van der Waals surface area contributed by atoms with Crippen molar-refractivity contribution in [2.75, 3.05) is 18.3 Å². The van der Waals surface area contributed by atoms with Crippen molar-refractivity contribution in [3.05, 3.63) is 11.2 Å². The predicted molar refractivity (Wildman–Crippen MR) is 62.0 cm³/mol. The first kappa shape index (κ1) is 12.3. The highest BCUT2D eigenvalue weighted by Gasteiger charge is 2.08. The van der Waals surface area contributed by atoms with E-state index in [1.807, 2.05) is 6.92 Å². The Morgan fingerprint density at radius 3 is 2.93 bits per heavy atom. The second-order valence-corrected chi connectivity index (χ2v) is 3.86. The second kappa shape index (κ2) is 5.98. The minimum absolute atomic E-state index is 0.208. The number of ether oxygens (including phenoxy) is 1. The lowest BCUT2D eigenvalue weighted by molar-refractivity contribution is 0.380. The highest BCUT2D eigenvalue weighted by molar-refractivity contribution is 6.32. The van der Waals surface area contributed by atoms with Crippen molar-refractivity contribution < 1.29 is 4.74 Å². The van der Waals surface area contributed by atoms with Gasteiger partial charge in [-0.2, -0.15) is 4.98 Å². The Hall–Kier alpha value is -0.740. The van der Waals surface area contributed by atoms with E-state index in [0.29, 0.717) is 22.7 Å². The van der Waals surface area contributed by atoms with Crippen LogP contribution in [0.25, 0.3) is 0 Å². The van der Waals surface area contributed by atoms with Crippen molar-refractivity contribution in [1.82, 2.24) is 9.97 Å². The third kappa shape index (κ3) is 3.72. The molecule has 1 heterocycles. The van der Waals surface area contributed by atoms with Gasteiger partial charge in [-0.3, -0.25) is 0 Å². The van der Waals surface area contributed by atoms with Crippen LogP contribution in [0.4, 0.5) is 5.82 Å². The monoisotopic (exact) mass is 249 g/mol. The average molecular weight is 250 g/mol. The molecule has 0 aromatic carbocycles. The first-order valence-electron chi connectivity index (χ1n) is 4.56. The van der Waals surface area contributed by atoms with Crippen LogP contribution in [0.1, 0.15) is 13.3 Å². The summed E-state index contributed by atoms with van der Waals surface area (Å²) in [6.07, 6.45) is 2.34. The Balaban J connectivity index is 2.74. The van der Waals surface area contributed by atoms with Gasteiger partial charge < -0.3 is 10.1 Å². The molecule has 0 amide bonds. The van der Waals surface area contributed by atoms with Crippen molar-refractivity contribution >= 4 is 29.0 Å². The molecule has 1 N–H and O–H groups in total. The number of hydrogen-bond donors (Lipinski definition) is 1. The maximum absolute atomic E-state index is 5.92. The van der Waals surface area contributed by atoms with Crippen LogP contribution in [0.15, 0.2) is 6.20 Å². The molecule has 0 aliphatic rings. The lowest BCUT2D eigenvalue weighted by atomic mass is 10.2. The molecule has 6 heteroatoms. The second-order valence-electron chi connectivity index (χ2n) is 3.08. The van der Waals surface area contributed by atoms with Crippen molar-refractivity contribution in [2.24, 2.45) is 0 Å². The van der Waals surface area contributed by atoms with Crippen LogP contribution < -0.4 is 10.1 Å². The fourth-order valence-electron chi connectivity index (χ4n) is 1.02. The van der Waals surface area contributed by atoms with Gasteiger partial charge in [0.1, 0.15) is 5.02 Å². The Kier molecular flexibility index (Phi) is 4.91. The highest BCUT2D eigenvalue weighted by Crippen LogP contribution is 2.21. The molecule has 1 unspecified atom stereocenters. The van der Waals surface area contributed by atoms with E-state index in [-0.39, 0.29) is 6.04 Å². The zero-order valence-corrected chi connectivity index (χ0v) is 10.1. The van der Waals surface area contributed by atoms with Crippen molar-refractivity contribution in [3.63, 3.8) is 0 Å². The quantitative estimate of drug-likeness (QED) is 0.816. The molecule has 0 bridgehead atoms. The van der Waals surface area contributed by atoms with Crippen LogP contribution >= 0.6 is 23.2 Å². The third-order valence-corrected chi connectivity index (χ3v) is 2.32. The van der Waals surface area contributed by atoms with Crippen molar-refractivity contribution in [1.29, 1.82) is 0 Å². The molecular formula is C9H13Cl2N3O. The van der Waals surface area contributed by atoms with Crippen LogP contribution in [0.2, 0.25) is 5.02 Å². The molecule has 15 heavy (non-hydrogen) atoms. The molecule has 1 aromatic rings. The minimum atomic E-state index is 0.208. The summed E-state index contributed by atoms with van der Waals surface area (Å²) in [4.78, 5) is 7.97. The summed E-state index contributed by atoms with van der Waals surface area (Å²) >= 11 is 11.6. The largest absolute Gasteiger partial charge is 0.467 e. The molecule has 0 fully saturated rings. The summed E-state index contributed by atoms with van der Waals surface area (Å²) in [6.45, 7) is 2.01. The summed E-state index contributed by atoms with van der Waals surface area (Å²) in [5, 5.41) is 3.61. The fourth-order valence-corrected chi connectivity index (χ4v) is 1.49. The van der Waals surface area contributed by atoms with Gasteiger partial charge in [-0.25, -0.2) is 4.98 Å². The van der Waals surface area contributed by atoms with Gasteiger partial charge >= 0.3 is 6.01 Å². The maximum Gasteiger partial charge on any atom is 0.318 e. The van der Waals surface area contributed by atoms with Gasteiger partial charge in [0, 0.05) is 11.9 Å². The summed E-state index contributed by atoms with van der Waals surface area (Å²) in [6, 6.07) is 0.500. The molecule has 0 aliphatic heterocycles. The smallest absolute Gasteiger partial charge is 0.318 e.